The quantitative estimate of drug-likeness (QED) is 0.215. The SMILES string of the molecule is Cn1cc(-c2nnc(COc3cccc(-c4cc(F)c(Cc5nc6ccc(C(=O)O)cc6n5CC5CCO5)cc4F)n3)s2)cn1. The molecule has 7 rings (SSSR count). The van der Waals surface area contributed by atoms with Crippen molar-refractivity contribution in [2.45, 2.75) is 32.1 Å². The molecule has 1 atom stereocenters. The number of hydrogen-bond acceptors (Lipinski definition) is 9. The van der Waals surface area contributed by atoms with Gasteiger partial charge in [0.25, 0.3) is 0 Å². The third-order valence-corrected chi connectivity index (χ3v) is 8.45. The highest BCUT2D eigenvalue weighted by Gasteiger charge is 2.24. The summed E-state index contributed by atoms with van der Waals surface area (Å²) >= 11 is 1.36. The number of benzene rings is 2. The highest BCUT2D eigenvalue weighted by atomic mass is 32.1. The minimum Gasteiger partial charge on any atom is -0.478 e. The van der Waals surface area contributed by atoms with Crippen molar-refractivity contribution in [2.75, 3.05) is 6.61 Å². The van der Waals surface area contributed by atoms with Gasteiger partial charge in [-0.05, 0) is 48.4 Å². The fourth-order valence-corrected chi connectivity index (χ4v) is 5.84. The van der Waals surface area contributed by atoms with Crippen LogP contribution >= 0.6 is 11.3 Å². The monoisotopic (exact) mass is 629 g/mol. The Morgan fingerprint density at radius 1 is 1.13 bits per heavy atom. The molecule has 1 unspecified atom stereocenters. The molecule has 11 nitrogen and oxygen atoms in total. The molecule has 1 aliphatic rings. The number of aryl methyl sites for hydroxylation is 1. The van der Waals surface area contributed by atoms with Crippen molar-refractivity contribution < 1.29 is 28.2 Å². The molecule has 0 saturated carbocycles. The smallest absolute Gasteiger partial charge is 0.335 e. The summed E-state index contributed by atoms with van der Waals surface area (Å²) in [5.74, 6) is -1.64. The minimum atomic E-state index is -1.06. The van der Waals surface area contributed by atoms with E-state index in [2.05, 4.69) is 25.3 Å². The summed E-state index contributed by atoms with van der Waals surface area (Å²) < 4.78 is 45.9. The zero-order valence-corrected chi connectivity index (χ0v) is 24.7. The van der Waals surface area contributed by atoms with Crippen LogP contribution in [0.2, 0.25) is 0 Å². The Labute approximate surface area is 258 Å². The maximum Gasteiger partial charge on any atom is 0.335 e. The fourth-order valence-electron chi connectivity index (χ4n) is 5.11. The Morgan fingerprint density at radius 2 is 2.00 bits per heavy atom. The minimum absolute atomic E-state index is 0.00764. The van der Waals surface area contributed by atoms with Crippen LogP contribution in [0.15, 0.2) is 60.9 Å². The first-order valence-corrected chi connectivity index (χ1v) is 14.9. The summed E-state index contributed by atoms with van der Waals surface area (Å²) in [4.78, 5) is 20.6. The van der Waals surface area contributed by atoms with E-state index in [0.717, 1.165) is 24.1 Å². The number of hydrogen-bond donors (Lipinski definition) is 1. The van der Waals surface area contributed by atoms with Crippen LogP contribution in [-0.4, -0.2) is 58.3 Å². The normalized spacial score (nSPS) is 14.5. The standard InChI is InChI=1S/C31H25F2N7O4S/c1-39-14-19(13-34-39)30-38-37-29(45-30)16-44-28-4-2-3-24(36-28)21-12-22(32)18(9-23(21)33)11-27-35-25-6-5-17(31(41)42)10-26(25)40(27)15-20-7-8-43-20/h2-6,9-10,12-14,20H,7-8,11,15-16H2,1H3,(H,41,42). The Morgan fingerprint density at radius 3 is 2.76 bits per heavy atom. The molecule has 228 valence electrons. The van der Waals surface area contributed by atoms with E-state index in [1.807, 2.05) is 17.8 Å². The number of nitrogens with zero attached hydrogens (tertiary/aromatic N) is 7. The third kappa shape index (κ3) is 5.89. The predicted molar refractivity (Wildman–Crippen MR) is 160 cm³/mol. The van der Waals surface area contributed by atoms with Gasteiger partial charge in [0.2, 0.25) is 5.88 Å². The Hall–Kier alpha value is -5.08. The molecule has 0 amide bonds. The van der Waals surface area contributed by atoms with Gasteiger partial charge in [0.15, 0.2) is 10.0 Å². The molecule has 4 aromatic heterocycles. The number of aromatic nitrogens is 7. The van der Waals surface area contributed by atoms with Gasteiger partial charge in [-0.1, -0.05) is 17.4 Å². The van der Waals surface area contributed by atoms with Gasteiger partial charge in [0.05, 0.1) is 46.7 Å². The van der Waals surface area contributed by atoms with E-state index >= 15 is 8.78 Å². The van der Waals surface area contributed by atoms with Crippen LogP contribution < -0.4 is 4.74 Å². The van der Waals surface area contributed by atoms with Gasteiger partial charge in [-0.2, -0.15) is 5.10 Å². The van der Waals surface area contributed by atoms with E-state index in [0.29, 0.717) is 40.0 Å². The van der Waals surface area contributed by atoms with Gasteiger partial charge in [0, 0.05) is 37.9 Å². The number of pyridine rings is 1. The number of fused-ring (bicyclic) bond motifs is 1. The summed E-state index contributed by atoms with van der Waals surface area (Å²) in [7, 11) is 1.82. The molecule has 1 aliphatic heterocycles. The van der Waals surface area contributed by atoms with E-state index < -0.39 is 17.6 Å². The first kappa shape index (κ1) is 28.7. The van der Waals surface area contributed by atoms with Crippen molar-refractivity contribution >= 4 is 28.3 Å². The number of halogens is 2. The van der Waals surface area contributed by atoms with E-state index in [1.165, 1.54) is 23.5 Å². The molecular formula is C31H25F2N7O4S. The predicted octanol–water partition coefficient (Wildman–Crippen LogP) is 5.29. The molecule has 1 N–H and O–H groups in total. The Kier molecular flexibility index (Phi) is 7.51. The van der Waals surface area contributed by atoms with Gasteiger partial charge in [-0.25, -0.2) is 23.5 Å². The van der Waals surface area contributed by atoms with Crippen LogP contribution in [-0.2, 0) is 31.4 Å². The number of carbonyl (C=O) groups is 1. The fraction of sp³-hybridized carbons (Fsp3) is 0.226. The van der Waals surface area contributed by atoms with Gasteiger partial charge in [-0.15, -0.1) is 10.2 Å². The van der Waals surface area contributed by atoms with Gasteiger partial charge >= 0.3 is 5.97 Å². The van der Waals surface area contributed by atoms with Crippen molar-refractivity contribution in [1.29, 1.82) is 0 Å². The number of aromatic carboxylic acids is 1. The van der Waals surface area contributed by atoms with E-state index in [4.69, 9.17) is 9.47 Å². The zero-order valence-electron chi connectivity index (χ0n) is 23.9. The molecule has 0 spiro atoms. The first-order chi connectivity index (χ1) is 21.8. The van der Waals surface area contributed by atoms with Gasteiger partial charge in [0.1, 0.15) is 24.1 Å². The number of ether oxygens (including phenoxy) is 2. The molecule has 6 aromatic rings. The van der Waals surface area contributed by atoms with E-state index in [-0.39, 0.29) is 47.4 Å². The lowest BCUT2D eigenvalue weighted by Crippen LogP contribution is -2.31. The highest BCUT2D eigenvalue weighted by Crippen LogP contribution is 2.29. The second kappa shape index (κ2) is 11.8. The molecule has 0 aliphatic carbocycles. The van der Waals surface area contributed by atoms with Crippen LogP contribution in [0.25, 0.3) is 32.9 Å². The average molecular weight is 630 g/mol. The van der Waals surface area contributed by atoms with Crippen molar-refractivity contribution in [3.63, 3.8) is 0 Å². The lowest BCUT2D eigenvalue weighted by molar-refractivity contribution is -0.0589. The van der Waals surface area contributed by atoms with E-state index in [9.17, 15) is 9.90 Å². The summed E-state index contributed by atoms with van der Waals surface area (Å²) in [6.45, 7) is 1.17. The molecule has 1 fully saturated rings. The highest BCUT2D eigenvalue weighted by molar-refractivity contribution is 7.14. The summed E-state index contributed by atoms with van der Waals surface area (Å²) in [5, 5.41) is 23.3. The molecule has 14 heteroatoms. The molecular weight excluding hydrogens is 604 g/mol. The van der Waals surface area contributed by atoms with E-state index in [1.54, 1.807) is 35.1 Å². The van der Waals surface area contributed by atoms with Crippen LogP contribution in [0.1, 0.15) is 33.2 Å². The summed E-state index contributed by atoms with van der Waals surface area (Å²) in [6.07, 6.45) is 4.32. The molecule has 5 heterocycles. The summed E-state index contributed by atoms with van der Waals surface area (Å²) in [5.41, 5.74) is 2.42. The molecule has 45 heavy (non-hydrogen) atoms. The second-order valence-corrected chi connectivity index (χ2v) is 11.6. The largest absolute Gasteiger partial charge is 0.478 e. The Balaban J connectivity index is 1.11. The number of carboxylic acid groups (broad SMARTS) is 1. The van der Waals surface area contributed by atoms with Crippen molar-refractivity contribution in [3.05, 3.63) is 94.5 Å². The maximum atomic E-state index is 15.5. The first-order valence-electron chi connectivity index (χ1n) is 14.0. The van der Waals surface area contributed by atoms with Crippen LogP contribution in [0, 0.1) is 11.6 Å². The third-order valence-electron chi connectivity index (χ3n) is 7.50. The lowest BCUT2D eigenvalue weighted by atomic mass is 10.0. The number of imidazole rings is 1. The van der Waals surface area contributed by atoms with Gasteiger partial charge < -0.3 is 19.1 Å². The van der Waals surface area contributed by atoms with Crippen LogP contribution in [0.3, 0.4) is 0 Å². The topological polar surface area (TPSA) is 130 Å². The van der Waals surface area contributed by atoms with Crippen molar-refractivity contribution in [2.24, 2.45) is 7.05 Å². The molecule has 1 saturated heterocycles. The van der Waals surface area contributed by atoms with Crippen LogP contribution in [0.5, 0.6) is 5.88 Å². The van der Waals surface area contributed by atoms with Crippen molar-refractivity contribution in [3.8, 4) is 27.7 Å². The average Bonchev–Trinajstić information content (AvgIpc) is 3.74. The molecule has 0 radical (unpaired) electrons. The lowest BCUT2D eigenvalue weighted by Gasteiger charge is -2.27. The number of rotatable bonds is 10. The molecule has 2 aromatic carbocycles. The summed E-state index contributed by atoms with van der Waals surface area (Å²) in [6, 6.07) is 11.7. The maximum absolute atomic E-state index is 15.5. The van der Waals surface area contributed by atoms with Gasteiger partial charge in [-0.3, -0.25) is 4.68 Å². The Bertz CT molecular complexity index is 2050. The number of carboxylic acids is 1. The molecule has 0 bridgehead atoms. The second-order valence-electron chi connectivity index (χ2n) is 10.6. The van der Waals surface area contributed by atoms with Crippen molar-refractivity contribution in [1.82, 2.24) is 34.5 Å². The van der Waals surface area contributed by atoms with Crippen LogP contribution in [0.4, 0.5) is 8.78 Å². The zero-order chi connectivity index (χ0) is 31.1.